The van der Waals surface area contributed by atoms with Gasteiger partial charge in [-0.05, 0) is 59.8 Å². The number of nitrogens with two attached hydrogens (primary N) is 1. The minimum Gasteiger partial charge on any atom is -0.382 e. The van der Waals surface area contributed by atoms with Gasteiger partial charge < -0.3 is 15.8 Å². The maximum absolute atomic E-state index is 8.81. The molecule has 0 unspecified atom stereocenters. The number of nitrogens with zero attached hydrogens (tertiary/aromatic N) is 1. The Labute approximate surface area is 128 Å². The molecule has 1 saturated carbocycles. The average Bonchev–Trinajstić information content (AvgIpc) is 2.46. The van der Waals surface area contributed by atoms with Crippen molar-refractivity contribution in [2.45, 2.75) is 37.8 Å². The minimum absolute atomic E-state index is 0.362. The molecule has 108 valence electrons. The van der Waals surface area contributed by atoms with E-state index in [-0.39, 0.29) is 0 Å². The molecule has 3 N–H and O–H groups in total. The van der Waals surface area contributed by atoms with Crippen molar-refractivity contribution in [2.75, 3.05) is 18.5 Å². The van der Waals surface area contributed by atoms with Crippen molar-refractivity contribution >= 4 is 21.6 Å². The molecule has 0 heterocycles. The SMILES string of the molecule is N#Cc1ccc(NCCOC2CCC(N)CC2)c(Br)c1. The first kappa shape index (κ1) is 15.3. The van der Waals surface area contributed by atoms with E-state index in [1.165, 1.54) is 0 Å². The zero-order valence-electron chi connectivity index (χ0n) is 11.4. The second kappa shape index (κ2) is 7.63. The lowest BCUT2D eigenvalue weighted by Gasteiger charge is -2.26. The van der Waals surface area contributed by atoms with Gasteiger partial charge in [-0.2, -0.15) is 5.26 Å². The van der Waals surface area contributed by atoms with Crippen molar-refractivity contribution in [1.29, 1.82) is 5.26 Å². The number of ether oxygens (including phenoxy) is 1. The van der Waals surface area contributed by atoms with Crippen LogP contribution in [0.15, 0.2) is 22.7 Å². The molecule has 1 fully saturated rings. The normalized spacial score (nSPS) is 22.2. The van der Waals surface area contributed by atoms with E-state index >= 15 is 0 Å². The minimum atomic E-state index is 0.362. The van der Waals surface area contributed by atoms with Gasteiger partial charge in [0.2, 0.25) is 0 Å². The summed E-state index contributed by atoms with van der Waals surface area (Å²) in [4.78, 5) is 0. The molecule has 0 amide bonds. The van der Waals surface area contributed by atoms with Crippen molar-refractivity contribution in [3.05, 3.63) is 28.2 Å². The smallest absolute Gasteiger partial charge is 0.0992 e. The number of nitrogens with one attached hydrogen (secondary N) is 1. The van der Waals surface area contributed by atoms with E-state index in [2.05, 4.69) is 27.3 Å². The third kappa shape index (κ3) is 4.48. The summed E-state index contributed by atoms with van der Waals surface area (Å²) in [5.41, 5.74) is 7.51. The van der Waals surface area contributed by atoms with Gasteiger partial charge >= 0.3 is 0 Å². The van der Waals surface area contributed by atoms with Crippen LogP contribution in [0.5, 0.6) is 0 Å². The quantitative estimate of drug-likeness (QED) is 0.810. The number of nitriles is 1. The van der Waals surface area contributed by atoms with Gasteiger partial charge in [0, 0.05) is 22.7 Å². The molecule has 1 aromatic carbocycles. The molecule has 0 aromatic heterocycles. The van der Waals surface area contributed by atoms with Gasteiger partial charge in [0.05, 0.1) is 24.3 Å². The summed E-state index contributed by atoms with van der Waals surface area (Å²) >= 11 is 3.45. The molecule has 5 heteroatoms. The second-order valence-electron chi connectivity index (χ2n) is 5.14. The number of hydrogen-bond donors (Lipinski definition) is 2. The first-order chi connectivity index (χ1) is 9.69. The van der Waals surface area contributed by atoms with Crippen molar-refractivity contribution in [3.8, 4) is 6.07 Å². The summed E-state index contributed by atoms with van der Waals surface area (Å²) in [7, 11) is 0. The number of halogens is 1. The second-order valence-corrected chi connectivity index (χ2v) is 6.00. The number of hydrogen-bond acceptors (Lipinski definition) is 4. The Balaban J connectivity index is 1.70. The monoisotopic (exact) mass is 337 g/mol. The Hall–Kier alpha value is -1.09. The summed E-state index contributed by atoms with van der Waals surface area (Å²) in [5, 5.41) is 12.1. The van der Waals surface area contributed by atoms with Gasteiger partial charge in [-0.25, -0.2) is 0 Å². The van der Waals surface area contributed by atoms with E-state index in [9.17, 15) is 0 Å². The van der Waals surface area contributed by atoms with Crippen LogP contribution in [0, 0.1) is 11.3 Å². The first-order valence-electron chi connectivity index (χ1n) is 6.99. The lowest BCUT2D eigenvalue weighted by atomic mass is 9.94. The van der Waals surface area contributed by atoms with Crippen LogP contribution >= 0.6 is 15.9 Å². The molecule has 0 radical (unpaired) electrons. The van der Waals surface area contributed by atoms with E-state index in [0.29, 0.717) is 24.3 Å². The molecule has 2 rings (SSSR count). The van der Waals surface area contributed by atoms with Gasteiger partial charge in [-0.15, -0.1) is 0 Å². The van der Waals surface area contributed by atoms with E-state index < -0.39 is 0 Å². The molecule has 0 bridgehead atoms. The Kier molecular flexibility index (Phi) is 5.84. The fraction of sp³-hybridized carbons (Fsp3) is 0.533. The molecule has 0 aliphatic heterocycles. The fourth-order valence-corrected chi connectivity index (χ4v) is 2.91. The third-order valence-corrected chi connectivity index (χ3v) is 4.24. The Morgan fingerprint density at radius 2 is 2.10 bits per heavy atom. The highest BCUT2D eigenvalue weighted by atomic mass is 79.9. The summed E-state index contributed by atoms with van der Waals surface area (Å²) in [6, 6.07) is 8.00. The van der Waals surface area contributed by atoms with Gasteiger partial charge in [-0.1, -0.05) is 0 Å². The molecular weight excluding hydrogens is 318 g/mol. The van der Waals surface area contributed by atoms with Crippen LogP contribution in [0.1, 0.15) is 31.2 Å². The predicted octanol–water partition coefficient (Wildman–Crippen LogP) is 3.02. The lowest BCUT2D eigenvalue weighted by Crippen LogP contribution is -2.31. The van der Waals surface area contributed by atoms with Crippen LogP contribution < -0.4 is 11.1 Å². The number of anilines is 1. The van der Waals surface area contributed by atoms with Gasteiger partial charge in [0.25, 0.3) is 0 Å². The zero-order chi connectivity index (χ0) is 14.4. The van der Waals surface area contributed by atoms with Gasteiger partial charge in [0.15, 0.2) is 0 Å². The maximum atomic E-state index is 8.81. The Bertz CT molecular complexity index is 478. The Morgan fingerprint density at radius 1 is 1.35 bits per heavy atom. The average molecular weight is 338 g/mol. The van der Waals surface area contributed by atoms with E-state index in [4.69, 9.17) is 15.7 Å². The van der Waals surface area contributed by atoms with E-state index in [1.807, 2.05) is 12.1 Å². The molecule has 0 spiro atoms. The zero-order valence-corrected chi connectivity index (χ0v) is 13.0. The van der Waals surface area contributed by atoms with Gasteiger partial charge in [-0.3, -0.25) is 0 Å². The highest BCUT2D eigenvalue weighted by molar-refractivity contribution is 9.10. The van der Waals surface area contributed by atoms with Crippen LogP contribution in [-0.4, -0.2) is 25.3 Å². The van der Waals surface area contributed by atoms with Crippen molar-refractivity contribution < 1.29 is 4.74 Å². The van der Waals surface area contributed by atoms with Crippen LogP contribution in [-0.2, 0) is 4.74 Å². The van der Waals surface area contributed by atoms with Crippen LogP contribution in [0.2, 0.25) is 0 Å². The maximum Gasteiger partial charge on any atom is 0.0992 e. The first-order valence-corrected chi connectivity index (χ1v) is 7.79. The van der Waals surface area contributed by atoms with E-state index in [1.54, 1.807) is 6.07 Å². The standard InChI is InChI=1S/C15H20BrN3O/c16-14-9-11(10-17)1-6-15(14)19-7-8-20-13-4-2-12(18)3-5-13/h1,6,9,12-13,19H,2-5,7-8,18H2. The molecule has 4 nitrogen and oxygen atoms in total. The highest BCUT2D eigenvalue weighted by Crippen LogP contribution is 2.23. The van der Waals surface area contributed by atoms with E-state index in [0.717, 1.165) is 42.4 Å². The van der Waals surface area contributed by atoms with Crippen molar-refractivity contribution in [1.82, 2.24) is 0 Å². The number of benzene rings is 1. The van der Waals surface area contributed by atoms with Crippen LogP contribution in [0.4, 0.5) is 5.69 Å². The number of rotatable bonds is 5. The van der Waals surface area contributed by atoms with Crippen LogP contribution in [0.25, 0.3) is 0 Å². The Morgan fingerprint density at radius 3 is 2.75 bits per heavy atom. The predicted molar refractivity (Wildman–Crippen MR) is 83.5 cm³/mol. The fourth-order valence-electron chi connectivity index (χ4n) is 2.39. The molecule has 1 aromatic rings. The third-order valence-electron chi connectivity index (χ3n) is 3.59. The summed E-state index contributed by atoms with van der Waals surface area (Å²) < 4.78 is 6.76. The lowest BCUT2D eigenvalue weighted by molar-refractivity contribution is 0.0313. The largest absolute Gasteiger partial charge is 0.382 e. The topological polar surface area (TPSA) is 71.1 Å². The summed E-state index contributed by atoms with van der Waals surface area (Å²) in [6.07, 6.45) is 4.64. The van der Waals surface area contributed by atoms with Gasteiger partial charge in [0.1, 0.15) is 0 Å². The molecule has 0 saturated heterocycles. The van der Waals surface area contributed by atoms with Crippen molar-refractivity contribution in [2.24, 2.45) is 5.73 Å². The molecular formula is C15H20BrN3O. The molecule has 20 heavy (non-hydrogen) atoms. The highest BCUT2D eigenvalue weighted by Gasteiger charge is 2.18. The summed E-state index contributed by atoms with van der Waals surface area (Å²) in [6.45, 7) is 1.44. The molecule has 1 aliphatic carbocycles. The van der Waals surface area contributed by atoms with Crippen LogP contribution in [0.3, 0.4) is 0 Å². The molecule has 1 aliphatic rings. The molecule has 0 atom stereocenters. The summed E-state index contributed by atoms with van der Waals surface area (Å²) in [5.74, 6) is 0. The van der Waals surface area contributed by atoms with Crippen molar-refractivity contribution in [3.63, 3.8) is 0 Å².